The van der Waals surface area contributed by atoms with Crippen LogP contribution in [0.5, 0.6) is 0 Å². The first-order chi connectivity index (χ1) is 10.1. The minimum Gasteiger partial charge on any atom is -0.478 e. The average molecular weight is 306 g/mol. The number of hydrogen-bond donors (Lipinski definition) is 2. The Balaban J connectivity index is 2.05. The summed E-state index contributed by atoms with van der Waals surface area (Å²) in [6, 6.07) is 14.6. The quantitative estimate of drug-likeness (QED) is 0.902. The second-order valence-corrected chi connectivity index (χ2v) is 4.60. The van der Waals surface area contributed by atoms with E-state index in [1.807, 2.05) is 0 Å². The molecule has 1 unspecified atom stereocenters. The summed E-state index contributed by atoms with van der Waals surface area (Å²) in [6.07, 6.45) is -2.22. The van der Waals surface area contributed by atoms with Crippen molar-refractivity contribution in [3.63, 3.8) is 0 Å². The molecule has 2 N–H and O–H groups in total. The van der Waals surface area contributed by atoms with Crippen molar-refractivity contribution in [2.45, 2.75) is 6.10 Å². The average Bonchev–Trinajstić information content (AvgIpc) is 2.48. The molecular weight excluding hydrogens is 294 g/mol. The van der Waals surface area contributed by atoms with Gasteiger partial charge in [0.1, 0.15) is 0 Å². The van der Waals surface area contributed by atoms with Crippen LogP contribution in [-0.4, -0.2) is 17.2 Å². The summed E-state index contributed by atoms with van der Waals surface area (Å²) in [5.41, 5.74) is 0.845. The van der Waals surface area contributed by atoms with Crippen LogP contribution in [0.15, 0.2) is 54.6 Å². The number of ether oxygens (including phenoxy) is 1. The number of aliphatic carboxylic acids is 1. The van der Waals surface area contributed by atoms with Crippen molar-refractivity contribution in [1.82, 2.24) is 0 Å². The van der Waals surface area contributed by atoms with E-state index in [1.54, 1.807) is 54.6 Å². The molecule has 0 saturated heterocycles. The lowest BCUT2D eigenvalue weighted by Crippen LogP contribution is -2.22. The molecule has 0 spiro atoms. The fourth-order valence-corrected chi connectivity index (χ4v) is 1.80. The van der Waals surface area contributed by atoms with Crippen LogP contribution in [0.4, 0.5) is 10.5 Å². The molecule has 6 heteroatoms. The van der Waals surface area contributed by atoms with Crippen molar-refractivity contribution < 1.29 is 19.4 Å². The zero-order chi connectivity index (χ0) is 15.2. The van der Waals surface area contributed by atoms with Gasteiger partial charge in [0.25, 0.3) is 0 Å². The summed E-state index contributed by atoms with van der Waals surface area (Å²) >= 11 is 5.73. The second-order valence-electron chi connectivity index (χ2n) is 4.17. The van der Waals surface area contributed by atoms with Crippen molar-refractivity contribution in [2.24, 2.45) is 0 Å². The maximum absolute atomic E-state index is 11.8. The van der Waals surface area contributed by atoms with Crippen LogP contribution in [0, 0.1) is 0 Å². The molecule has 0 radical (unpaired) electrons. The van der Waals surface area contributed by atoms with Crippen molar-refractivity contribution in [2.75, 3.05) is 5.32 Å². The van der Waals surface area contributed by atoms with Gasteiger partial charge in [-0.25, -0.2) is 9.59 Å². The van der Waals surface area contributed by atoms with E-state index >= 15 is 0 Å². The van der Waals surface area contributed by atoms with E-state index in [1.165, 1.54) is 0 Å². The van der Waals surface area contributed by atoms with Gasteiger partial charge in [-0.05, 0) is 24.3 Å². The van der Waals surface area contributed by atoms with Crippen LogP contribution < -0.4 is 5.32 Å². The number of halogens is 1. The number of anilines is 1. The number of carboxylic acid groups (broad SMARTS) is 1. The van der Waals surface area contributed by atoms with Crippen molar-refractivity contribution >= 4 is 29.4 Å². The van der Waals surface area contributed by atoms with Crippen LogP contribution in [0.25, 0.3) is 0 Å². The number of benzene rings is 2. The number of carboxylic acids is 1. The predicted molar refractivity (Wildman–Crippen MR) is 78.4 cm³/mol. The third-order valence-corrected chi connectivity index (χ3v) is 2.89. The number of nitrogens with one attached hydrogen (secondary N) is 1. The fraction of sp³-hybridized carbons (Fsp3) is 0.0667. The van der Waals surface area contributed by atoms with Gasteiger partial charge in [-0.3, -0.25) is 5.32 Å². The lowest BCUT2D eigenvalue weighted by atomic mass is 10.1. The standard InChI is InChI=1S/C15H12ClNO4/c16-11-6-8-12(9-7-11)17-15(20)21-13(14(18)19)10-4-2-1-3-5-10/h1-9,13H,(H,17,20)(H,18,19). The van der Waals surface area contributed by atoms with Gasteiger partial charge in [-0.2, -0.15) is 0 Å². The lowest BCUT2D eigenvalue weighted by molar-refractivity contribution is -0.146. The highest BCUT2D eigenvalue weighted by molar-refractivity contribution is 6.30. The molecule has 2 aromatic rings. The summed E-state index contributed by atoms with van der Waals surface area (Å²) < 4.78 is 4.95. The normalized spacial score (nSPS) is 11.5. The zero-order valence-corrected chi connectivity index (χ0v) is 11.6. The summed E-state index contributed by atoms with van der Waals surface area (Å²) in [5.74, 6) is -1.24. The molecule has 0 aliphatic carbocycles. The Hall–Kier alpha value is -2.53. The topological polar surface area (TPSA) is 75.6 Å². The molecule has 0 fully saturated rings. The molecule has 21 heavy (non-hydrogen) atoms. The Kier molecular flexibility index (Phi) is 4.79. The smallest absolute Gasteiger partial charge is 0.412 e. The fourth-order valence-electron chi connectivity index (χ4n) is 1.68. The molecule has 1 amide bonds. The van der Waals surface area contributed by atoms with Crippen LogP contribution in [0.1, 0.15) is 11.7 Å². The molecule has 0 bridgehead atoms. The SMILES string of the molecule is O=C(Nc1ccc(Cl)cc1)OC(C(=O)O)c1ccccc1. The highest BCUT2D eigenvalue weighted by Crippen LogP contribution is 2.19. The summed E-state index contributed by atoms with van der Waals surface area (Å²) in [4.78, 5) is 23.0. The van der Waals surface area contributed by atoms with Gasteiger partial charge >= 0.3 is 12.1 Å². The van der Waals surface area contributed by atoms with Gasteiger partial charge in [-0.1, -0.05) is 41.9 Å². The molecule has 2 rings (SSSR count). The van der Waals surface area contributed by atoms with E-state index in [-0.39, 0.29) is 0 Å². The molecule has 5 nitrogen and oxygen atoms in total. The third kappa shape index (κ3) is 4.22. The van der Waals surface area contributed by atoms with E-state index in [0.717, 1.165) is 0 Å². The van der Waals surface area contributed by atoms with Gasteiger partial charge in [0.05, 0.1) is 0 Å². The predicted octanol–water partition coefficient (Wildman–Crippen LogP) is 3.71. The van der Waals surface area contributed by atoms with Gasteiger partial charge < -0.3 is 9.84 Å². The van der Waals surface area contributed by atoms with E-state index < -0.39 is 18.2 Å². The molecule has 0 saturated carbocycles. The van der Waals surface area contributed by atoms with E-state index in [2.05, 4.69) is 5.32 Å². The monoisotopic (exact) mass is 305 g/mol. The van der Waals surface area contributed by atoms with Gasteiger partial charge in [0, 0.05) is 16.3 Å². The first-order valence-corrected chi connectivity index (χ1v) is 6.45. The molecule has 1 atom stereocenters. The van der Waals surface area contributed by atoms with Crippen LogP contribution in [0.3, 0.4) is 0 Å². The number of rotatable bonds is 4. The number of amides is 1. The molecule has 0 aromatic heterocycles. The van der Waals surface area contributed by atoms with Crippen molar-refractivity contribution in [3.05, 3.63) is 65.2 Å². The molecule has 2 aromatic carbocycles. The van der Waals surface area contributed by atoms with Crippen molar-refractivity contribution in [3.8, 4) is 0 Å². The summed E-state index contributed by atoms with van der Waals surface area (Å²) in [5, 5.41) is 12.1. The molecule has 0 heterocycles. The van der Waals surface area contributed by atoms with Crippen LogP contribution in [-0.2, 0) is 9.53 Å². The first kappa shape index (κ1) is 14.9. The zero-order valence-electron chi connectivity index (χ0n) is 10.8. The Morgan fingerprint density at radius 2 is 1.67 bits per heavy atom. The number of carbonyl (C=O) groups is 2. The summed E-state index contributed by atoms with van der Waals surface area (Å²) in [7, 11) is 0. The Labute approximate surface area is 126 Å². The third-order valence-electron chi connectivity index (χ3n) is 2.64. The maximum atomic E-state index is 11.8. The molecule has 108 valence electrons. The van der Waals surface area contributed by atoms with E-state index in [4.69, 9.17) is 21.4 Å². The Morgan fingerprint density at radius 3 is 2.24 bits per heavy atom. The van der Waals surface area contributed by atoms with E-state index in [0.29, 0.717) is 16.3 Å². The molecule has 0 aliphatic heterocycles. The maximum Gasteiger partial charge on any atom is 0.412 e. The summed E-state index contributed by atoms with van der Waals surface area (Å²) in [6.45, 7) is 0. The number of hydrogen-bond acceptors (Lipinski definition) is 3. The molecular formula is C15H12ClNO4. The second kappa shape index (κ2) is 6.76. The van der Waals surface area contributed by atoms with E-state index in [9.17, 15) is 9.59 Å². The van der Waals surface area contributed by atoms with Gasteiger partial charge in [0.15, 0.2) is 0 Å². The minimum atomic E-state index is -1.36. The van der Waals surface area contributed by atoms with Crippen LogP contribution in [0.2, 0.25) is 5.02 Å². The van der Waals surface area contributed by atoms with Gasteiger partial charge in [0.2, 0.25) is 6.10 Å². The highest BCUT2D eigenvalue weighted by atomic mass is 35.5. The Bertz CT molecular complexity index is 628. The minimum absolute atomic E-state index is 0.385. The van der Waals surface area contributed by atoms with Crippen molar-refractivity contribution in [1.29, 1.82) is 0 Å². The number of carbonyl (C=O) groups excluding carboxylic acids is 1. The largest absolute Gasteiger partial charge is 0.478 e. The Morgan fingerprint density at radius 1 is 1.05 bits per heavy atom. The van der Waals surface area contributed by atoms with Gasteiger partial charge in [-0.15, -0.1) is 0 Å². The highest BCUT2D eigenvalue weighted by Gasteiger charge is 2.24. The lowest BCUT2D eigenvalue weighted by Gasteiger charge is -2.14. The molecule has 0 aliphatic rings. The van der Waals surface area contributed by atoms with Crippen LogP contribution >= 0.6 is 11.6 Å². The first-order valence-electron chi connectivity index (χ1n) is 6.07.